The molecule has 0 unspecified atom stereocenters. The van der Waals surface area contributed by atoms with Crippen LogP contribution in [0.4, 0.5) is 0 Å². The van der Waals surface area contributed by atoms with E-state index in [4.69, 9.17) is 15.6 Å². The normalized spacial score (nSPS) is 17.6. The third-order valence-corrected chi connectivity index (χ3v) is 3.35. The number of nitrogens with two attached hydrogens (primary N) is 1. The van der Waals surface area contributed by atoms with Crippen molar-refractivity contribution in [3.63, 3.8) is 0 Å². The molecule has 1 aromatic heterocycles. The fraction of sp³-hybridized carbons (Fsp3) is 0.583. The van der Waals surface area contributed by atoms with Crippen molar-refractivity contribution in [2.45, 2.75) is 24.9 Å². The number of carbonyl (C=O) groups excluding carboxylic acids is 1. The van der Waals surface area contributed by atoms with E-state index in [0.29, 0.717) is 39.1 Å². The van der Waals surface area contributed by atoms with Gasteiger partial charge in [-0.3, -0.25) is 4.79 Å². The highest BCUT2D eigenvalue weighted by Crippen LogP contribution is 2.17. The molecule has 1 saturated heterocycles. The maximum absolute atomic E-state index is 12.0. The first kappa shape index (κ1) is 14.5. The summed E-state index contributed by atoms with van der Waals surface area (Å²) in [5.74, 6) is -1.27. The molecule has 1 aliphatic heterocycles. The van der Waals surface area contributed by atoms with Gasteiger partial charge in [0.25, 0.3) is 0 Å². The number of hydrogen-bond donors (Lipinski definition) is 3. The van der Waals surface area contributed by atoms with Crippen LogP contribution in [0.1, 0.15) is 23.3 Å². The minimum absolute atomic E-state index is 0.0175. The molecular weight excluding hydrogens is 264 g/mol. The Morgan fingerprint density at radius 1 is 1.50 bits per heavy atom. The summed E-state index contributed by atoms with van der Waals surface area (Å²) in [6.07, 6.45) is 3.85. The number of carboxylic acids is 1. The van der Waals surface area contributed by atoms with Gasteiger partial charge >= 0.3 is 5.97 Å². The Bertz CT molecular complexity index is 493. The fourth-order valence-corrected chi connectivity index (χ4v) is 2.03. The number of carbonyl (C=O) groups is 2. The summed E-state index contributed by atoms with van der Waals surface area (Å²) >= 11 is 0. The Morgan fingerprint density at radius 3 is 2.80 bits per heavy atom. The number of aromatic carboxylic acids is 1. The molecule has 0 bridgehead atoms. The molecule has 0 aliphatic carbocycles. The van der Waals surface area contributed by atoms with Crippen molar-refractivity contribution in [1.82, 2.24) is 14.9 Å². The van der Waals surface area contributed by atoms with Gasteiger partial charge in [0.15, 0.2) is 5.69 Å². The zero-order chi connectivity index (χ0) is 14.6. The van der Waals surface area contributed by atoms with Crippen molar-refractivity contribution in [2.24, 2.45) is 5.73 Å². The average molecular weight is 282 g/mol. The zero-order valence-corrected chi connectivity index (χ0v) is 11.0. The molecular formula is C12H18N4O4. The van der Waals surface area contributed by atoms with Crippen LogP contribution >= 0.6 is 0 Å². The number of amides is 1. The summed E-state index contributed by atoms with van der Waals surface area (Å²) < 4.78 is 6.79. The highest BCUT2D eigenvalue weighted by Gasteiger charge is 2.35. The van der Waals surface area contributed by atoms with Crippen LogP contribution in [0, 0.1) is 0 Å². The first-order chi connectivity index (χ1) is 9.51. The van der Waals surface area contributed by atoms with Crippen molar-refractivity contribution in [1.29, 1.82) is 0 Å². The molecule has 2 rings (SSSR count). The number of nitrogens with zero attached hydrogens (tertiary/aromatic N) is 2. The lowest BCUT2D eigenvalue weighted by Gasteiger charge is -2.31. The van der Waals surface area contributed by atoms with Crippen LogP contribution in [0.2, 0.25) is 0 Å². The van der Waals surface area contributed by atoms with Crippen molar-refractivity contribution in [3.05, 3.63) is 18.2 Å². The van der Waals surface area contributed by atoms with E-state index in [1.807, 2.05) is 0 Å². The molecule has 0 radical (unpaired) electrons. The smallest absolute Gasteiger partial charge is 0.356 e. The molecule has 0 atom stereocenters. The fourth-order valence-electron chi connectivity index (χ4n) is 2.03. The van der Waals surface area contributed by atoms with E-state index < -0.39 is 11.5 Å². The van der Waals surface area contributed by atoms with Crippen molar-refractivity contribution < 1.29 is 19.4 Å². The van der Waals surface area contributed by atoms with E-state index in [1.54, 1.807) is 4.57 Å². The van der Waals surface area contributed by atoms with Gasteiger partial charge in [0, 0.05) is 32.5 Å². The third-order valence-electron chi connectivity index (χ3n) is 3.35. The predicted molar refractivity (Wildman–Crippen MR) is 69.2 cm³/mol. The SMILES string of the molecule is NC1(C(=O)NCCn2cnc(C(=O)O)c2)CCOCC1. The first-order valence-electron chi connectivity index (χ1n) is 6.41. The van der Waals surface area contributed by atoms with Gasteiger partial charge in [-0.15, -0.1) is 0 Å². The van der Waals surface area contributed by atoms with Gasteiger partial charge in [0.2, 0.25) is 5.91 Å². The topological polar surface area (TPSA) is 119 Å². The van der Waals surface area contributed by atoms with E-state index >= 15 is 0 Å². The molecule has 4 N–H and O–H groups in total. The third kappa shape index (κ3) is 3.34. The van der Waals surface area contributed by atoms with E-state index in [1.165, 1.54) is 12.5 Å². The minimum Gasteiger partial charge on any atom is -0.476 e. The molecule has 8 heteroatoms. The monoisotopic (exact) mass is 282 g/mol. The molecule has 0 spiro atoms. The number of aromatic nitrogens is 2. The molecule has 2 heterocycles. The van der Waals surface area contributed by atoms with Gasteiger partial charge in [-0.25, -0.2) is 9.78 Å². The maximum atomic E-state index is 12.0. The Kier molecular flexibility index (Phi) is 4.35. The second-order valence-corrected chi connectivity index (χ2v) is 4.83. The van der Waals surface area contributed by atoms with Crippen LogP contribution < -0.4 is 11.1 Å². The maximum Gasteiger partial charge on any atom is 0.356 e. The zero-order valence-electron chi connectivity index (χ0n) is 11.0. The highest BCUT2D eigenvalue weighted by atomic mass is 16.5. The first-order valence-corrected chi connectivity index (χ1v) is 6.41. The van der Waals surface area contributed by atoms with E-state index in [9.17, 15) is 9.59 Å². The van der Waals surface area contributed by atoms with Crippen LogP contribution in [0.5, 0.6) is 0 Å². The van der Waals surface area contributed by atoms with Crippen LogP contribution in [-0.4, -0.2) is 51.8 Å². The van der Waals surface area contributed by atoms with Gasteiger partial charge in [-0.05, 0) is 12.8 Å². The predicted octanol–water partition coefficient (Wildman–Crippen LogP) is -0.795. The van der Waals surface area contributed by atoms with E-state index in [2.05, 4.69) is 10.3 Å². The van der Waals surface area contributed by atoms with Crippen LogP contribution in [0.15, 0.2) is 12.5 Å². The van der Waals surface area contributed by atoms with Crippen molar-refractivity contribution >= 4 is 11.9 Å². The summed E-state index contributed by atoms with van der Waals surface area (Å²) in [4.78, 5) is 26.4. The Hall–Kier alpha value is -1.93. The van der Waals surface area contributed by atoms with Gasteiger partial charge < -0.3 is 25.5 Å². The van der Waals surface area contributed by atoms with Gasteiger partial charge in [-0.1, -0.05) is 0 Å². The molecule has 1 aliphatic rings. The standard InChI is InChI=1S/C12H18N4O4/c13-12(1-5-20-6-2-12)11(19)14-3-4-16-7-9(10(17)18)15-8-16/h7-8H,1-6,13H2,(H,14,19)(H,17,18). The Balaban J connectivity index is 1.80. The summed E-state index contributed by atoms with van der Waals surface area (Å²) in [7, 11) is 0. The Morgan fingerprint density at radius 2 is 2.20 bits per heavy atom. The van der Waals surface area contributed by atoms with Crippen LogP contribution in [-0.2, 0) is 16.1 Å². The number of carboxylic acid groups (broad SMARTS) is 1. The minimum atomic E-state index is -1.07. The molecule has 110 valence electrons. The quantitative estimate of drug-likeness (QED) is 0.650. The van der Waals surface area contributed by atoms with Crippen molar-refractivity contribution in [2.75, 3.05) is 19.8 Å². The molecule has 0 saturated carbocycles. The number of nitrogens with one attached hydrogen (secondary N) is 1. The summed E-state index contributed by atoms with van der Waals surface area (Å²) in [5.41, 5.74) is 5.16. The van der Waals surface area contributed by atoms with Crippen LogP contribution in [0.3, 0.4) is 0 Å². The lowest BCUT2D eigenvalue weighted by Crippen LogP contribution is -2.57. The average Bonchev–Trinajstić information content (AvgIpc) is 2.88. The van der Waals surface area contributed by atoms with E-state index in [0.717, 1.165) is 0 Å². The number of ether oxygens (including phenoxy) is 1. The van der Waals surface area contributed by atoms with Crippen molar-refractivity contribution in [3.8, 4) is 0 Å². The summed E-state index contributed by atoms with van der Waals surface area (Å²) in [6.45, 7) is 1.80. The van der Waals surface area contributed by atoms with Gasteiger partial charge in [0.1, 0.15) is 0 Å². The largest absolute Gasteiger partial charge is 0.476 e. The molecule has 0 aromatic carbocycles. The number of rotatable bonds is 5. The highest BCUT2D eigenvalue weighted by molar-refractivity contribution is 5.86. The molecule has 1 fully saturated rings. The summed E-state index contributed by atoms with van der Waals surface area (Å²) in [6, 6.07) is 0. The lowest BCUT2D eigenvalue weighted by atomic mass is 9.90. The number of hydrogen-bond acceptors (Lipinski definition) is 5. The number of imidazole rings is 1. The second-order valence-electron chi connectivity index (χ2n) is 4.83. The van der Waals surface area contributed by atoms with E-state index in [-0.39, 0.29) is 11.6 Å². The molecule has 20 heavy (non-hydrogen) atoms. The molecule has 8 nitrogen and oxygen atoms in total. The molecule has 1 aromatic rings. The molecule has 1 amide bonds. The Labute approximate surface area is 115 Å². The van der Waals surface area contributed by atoms with Gasteiger partial charge in [0.05, 0.1) is 11.9 Å². The van der Waals surface area contributed by atoms with Gasteiger partial charge in [-0.2, -0.15) is 0 Å². The van der Waals surface area contributed by atoms with Crippen LogP contribution in [0.25, 0.3) is 0 Å². The lowest BCUT2D eigenvalue weighted by molar-refractivity contribution is -0.129. The second kappa shape index (κ2) is 6.02. The summed E-state index contributed by atoms with van der Waals surface area (Å²) in [5, 5.41) is 11.5.